The van der Waals surface area contributed by atoms with Crippen molar-refractivity contribution >= 4 is 17.5 Å². The van der Waals surface area contributed by atoms with Crippen molar-refractivity contribution in [1.29, 1.82) is 5.26 Å². The normalized spacial score (nSPS) is 9.33. The van der Waals surface area contributed by atoms with Crippen LogP contribution in [0.4, 0.5) is 0 Å². The van der Waals surface area contributed by atoms with Crippen LogP contribution in [0.5, 0.6) is 5.75 Å². The molecule has 4 heteroatoms. The molecule has 0 atom stereocenters. The van der Waals surface area contributed by atoms with E-state index in [1.54, 1.807) is 0 Å². The van der Waals surface area contributed by atoms with E-state index in [4.69, 9.17) is 10.00 Å². The highest BCUT2D eigenvalue weighted by Crippen LogP contribution is 2.15. The number of rotatable bonds is 5. The molecule has 15 heavy (non-hydrogen) atoms. The van der Waals surface area contributed by atoms with Crippen molar-refractivity contribution in [2.75, 3.05) is 12.4 Å². The number of ether oxygens (including phenoxy) is 1. The van der Waals surface area contributed by atoms with E-state index in [2.05, 4.69) is 0 Å². The summed E-state index contributed by atoms with van der Waals surface area (Å²) in [5, 5.41) is 10.1. The molecule has 0 saturated carbocycles. The second-order valence-electron chi connectivity index (χ2n) is 2.97. The highest BCUT2D eigenvalue weighted by atomic mass is 32.2. The minimum absolute atomic E-state index is 0.0273. The summed E-state index contributed by atoms with van der Waals surface area (Å²) in [5.41, 5.74) is 0.998. The van der Waals surface area contributed by atoms with Gasteiger partial charge in [-0.2, -0.15) is 5.26 Å². The molecule has 1 aromatic carbocycles. The first-order valence-electron chi connectivity index (χ1n) is 4.45. The molecule has 0 spiro atoms. The topological polar surface area (TPSA) is 50.1 Å². The molecule has 0 fully saturated rings. The van der Waals surface area contributed by atoms with E-state index < -0.39 is 0 Å². The maximum Gasteiger partial charge on any atom is 0.181 e. The Bertz CT molecular complexity index is 384. The van der Waals surface area contributed by atoms with Crippen LogP contribution in [0, 0.1) is 17.6 Å². The third kappa shape index (κ3) is 4.05. The van der Waals surface area contributed by atoms with E-state index in [1.165, 1.54) is 0 Å². The summed E-state index contributed by atoms with van der Waals surface area (Å²) in [4.78, 5) is 11.2. The Balaban J connectivity index is 2.41. The zero-order valence-electron chi connectivity index (χ0n) is 8.40. The summed E-state index contributed by atoms with van der Waals surface area (Å²) < 4.78 is 5.32. The summed E-state index contributed by atoms with van der Waals surface area (Å²) in [7, 11) is 0. The molecule has 3 nitrogen and oxygen atoms in total. The molecule has 0 heterocycles. The molecular weight excluding hydrogens is 210 g/mol. The average molecular weight is 221 g/mol. The molecule has 1 aromatic rings. The van der Waals surface area contributed by atoms with Crippen LogP contribution in [0.3, 0.4) is 0 Å². The lowest BCUT2D eigenvalue weighted by atomic mass is 10.2. The highest BCUT2D eigenvalue weighted by molar-refractivity contribution is 8.04. The van der Waals surface area contributed by atoms with Gasteiger partial charge in [0, 0.05) is 0 Å². The SMILES string of the molecule is Cc1ccccc1OCC(=O)CSC#N. The molecule has 0 unspecified atom stereocenters. The van der Waals surface area contributed by atoms with Gasteiger partial charge in [0.15, 0.2) is 5.78 Å². The van der Waals surface area contributed by atoms with Crippen molar-refractivity contribution in [2.24, 2.45) is 0 Å². The monoisotopic (exact) mass is 221 g/mol. The number of hydrogen-bond acceptors (Lipinski definition) is 4. The summed E-state index contributed by atoms with van der Waals surface area (Å²) in [6, 6.07) is 7.51. The summed E-state index contributed by atoms with van der Waals surface area (Å²) >= 11 is 0.932. The van der Waals surface area contributed by atoms with Crippen molar-refractivity contribution in [2.45, 2.75) is 6.92 Å². The number of nitrogens with zero attached hydrogens (tertiary/aromatic N) is 1. The number of Topliss-reactive ketones (excluding diaryl/α,β-unsaturated/α-hetero) is 1. The van der Waals surface area contributed by atoms with Gasteiger partial charge in [-0.15, -0.1) is 0 Å². The Morgan fingerprint density at radius 1 is 1.53 bits per heavy atom. The molecule has 0 aromatic heterocycles. The smallest absolute Gasteiger partial charge is 0.181 e. The maximum absolute atomic E-state index is 11.2. The first kappa shape index (κ1) is 11.6. The first-order chi connectivity index (χ1) is 7.24. The molecule has 0 N–H and O–H groups in total. The van der Waals surface area contributed by atoms with Crippen molar-refractivity contribution in [3.8, 4) is 11.2 Å². The van der Waals surface area contributed by atoms with Gasteiger partial charge in [0.05, 0.1) is 5.75 Å². The van der Waals surface area contributed by atoms with Gasteiger partial charge >= 0.3 is 0 Å². The Morgan fingerprint density at radius 2 is 2.27 bits per heavy atom. The van der Waals surface area contributed by atoms with Gasteiger partial charge in [-0.25, -0.2) is 0 Å². The number of aryl methyl sites for hydroxylation is 1. The fourth-order valence-electron chi connectivity index (χ4n) is 1.03. The Kier molecular flexibility index (Phi) is 4.72. The molecule has 0 aliphatic heterocycles. The largest absolute Gasteiger partial charge is 0.486 e. The lowest BCUT2D eigenvalue weighted by Crippen LogP contribution is -2.13. The minimum Gasteiger partial charge on any atom is -0.486 e. The van der Waals surface area contributed by atoms with Crippen molar-refractivity contribution in [3.63, 3.8) is 0 Å². The number of carbonyl (C=O) groups excluding carboxylic acids is 1. The van der Waals surface area contributed by atoms with Gasteiger partial charge in [-0.05, 0) is 30.3 Å². The van der Waals surface area contributed by atoms with Crippen LogP contribution in [0.15, 0.2) is 24.3 Å². The van der Waals surface area contributed by atoms with Gasteiger partial charge in [0.2, 0.25) is 0 Å². The molecule has 0 radical (unpaired) electrons. The molecule has 0 aliphatic carbocycles. The number of benzene rings is 1. The van der Waals surface area contributed by atoms with Crippen molar-refractivity contribution < 1.29 is 9.53 Å². The fourth-order valence-corrected chi connectivity index (χ4v) is 1.34. The zero-order valence-corrected chi connectivity index (χ0v) is 9.21. The Morgan fingerprint density at radius 3 is 2.93 bits per heavy atom. The maximum atomic E-state index is 11.2. The van der Waals surface area contributed by atoms with Crippen LogP contribution in [0.2, 0.25) is 0 Å². The minimum atomic E-state index is -0.0789. The van der Waals surface area contributed by atoms with Gasteiger partial charge in [-0.3, -0.25) is 4.79 Å². The van der Waals surface area contributed by atoms with Crippen LogP contribution >= 0.6 is 11.8 Å². The number of thiocyanates is 1. The lowest BCUT2D eigenvalue weighted by molar-refractivity contribution is -0.118. The van der Waals surface area contributed by atoms with Crippen molar-refractivity contribution in [1.82, 2.24) is 0 Å². The van der Waals surface area contributed by atoms with E-state index in [-0.39, 0.29) is 18.1 Å². The van der Waals surface area contributed by atoms with Crippen LogP contribution < -0.4 is 4.74 Å². The Hall–Kier alpha value is -1.47. The van der Waals surface area contributed by atoms with E-state index >= 15 is 0 Å². The van der Waals surface area contributed by atoms with E-state index in [0.717, 1.165) is 17.3 Å². The summed E-state index contributed by atoms with van der Waals surface area (Å²) in [5.74, 6) is 0.820. The number of nitriles is 1. The highest BCUT2D eigenvalue weighted by Gasteiger charge is 2.04. The van der Waals surface area contributed by atoms with Crippen LogP contribution in [0.25, 0.3) is 0 Å². The molecule has 0 bridgehead atoms. The number of para-hydroxylation sites is 1. The number of ketones is 1. The summed E-state index contributed by atoms with van der Waals surface area (Å²) in [6.07, 6.45) is 0. The van der Waals surface area contributed by atoms with E-state index in [0.29, 0.717) is 5.75 Å². The van der Waals surface area contributed by atoms with E-state index in [1.807, 2.05) is 36.6 Å². The van der Waals surface area contributed by atoms with Crippen LogP contribution in [0.1, 0.15) is 5.56 Å². The average Bonchev–Trinajstić information content (AvgIpc) is 2.25. The van der Waals surface area contributed by atoms with Gasteiger partial charge in [0.25, 0.3) is 0 Å². The van der Waals surface area contributed by atoms with Crippen molar-refractivity contribution in [3.05, 3.63) is 29.8 Å². The molecule has 0 amide bonds. The number of carbonyl (C=O) groups is 1. The first-order valence-corrected chi connectivity index (χ1v) is 5.43. The number of thioether (sulfide) groups is 1. The lowest BCUT2D eigenvalue weighted by Gasteiger charge is -2.06. The molecule has 1 rings (SSSR count). The molecular formula is C11H11NO2S. The standard InChI is InChI=1S/C11H11NO2S/c1-9-4-2-3-5-11(9)14-6-10(13)7-15-8-12/h2-5H,6-7H2,1H3. The summed E-state index contributed by atoms with van der Waals surface area (Å²) in [6.45, 7) is 1.95. The second-order valence-corrected chi connectivity index (χ2v) is 3.73. The predicted molar refractivity (Wildman–Crippen MR) is 59.8 cm³/mol. The molecule has 0 aliphatic rings. The predicted octanol–water partition coefficient (Wildman–Crippen LogP) is 2.16. The Labute approximate surface area is 93.0 Å². The number of hydrogen-bond donors (Lipinski definition) is 0. The zero-order chi connectivity index (χ0) is 11.1. The van der Waals surface area contributed by atoms with Gasteiger partial charge in [0.1, 0.15) is 17.8 Å². The third-order valence-electron chi connectivity index (χ3n) is 1.78. The van der Waals surface area contributed by atoms with Crippen LogP contribution in [-0.2, 0) is 4.79 Å². The van der Waals surface area contributed by atoms with E-state index in [9.17, 15) is 4.79 Å². The van der Waals surface area contributed by atoms with Gasteiger partial charge < -0.3 is 4.74 Å². The van der Waals surface area contributed by atoms with Gasteiger partial charge in [-0.1, -0.05) is 18.2 Å². The fraction of sp³-hybridized carbons (Fsp3) is 0.273. The third-order valence-corrected chi connectivity index (χ3v) is 2.38. The molecule has 0 saturated heterocycles. The molecule has 78 valence electrons. The second kappa shape index (κ2) is 6.10. The quantitative estimate of drug-likeness (QED) is 0.715. The van der Waals surface area contributed by atoms with Crippen LogP contribution in [-0.4, -0.2) is 18.1 Å².